The van der Waals surface area contributed by atoms with Gasteiger partial charge in [-0.2, -0.15) is 0 Å². The minimum absolute atomic E-state index is 0.0207. The molecule has 0 radical (unpaired) electrons. The maximum absolute atomic E-state index is 11.9. The summed E-state index contributed by atoms with van der Waals surface area (Å²) in [5.41, 5.74) is 0.634. The standard InChI is InChI=1S/C15H19NO6/c1-16-12(17)7-9(15(18)19)13(16)8-5-10(20-2)14(22-4)11(6-8)21-3/h5-6,9,13H,7H2,1-4H3,(H,18,19)/t9-,13-/m1/s1. The number of hydrogen-bond donors (Lipinski definition) is 1. The minimum Gasteiger partial charge on any atom is -0.493 e. The highest BCUT2D eigenvalue weighted by Crippen LogP contribution is 2.44. The summed E-state index contributed by atoms with van der Waals surface area (Å²) in [4.78, 5) is 24.8. The number of methoxy groups -OCH3 is 3. The summed E-state index contributed by atoms with van der Waals surface area (Å²) in [6.45, 7) is 0. The molecule has 7 nitrogen and oxygen atoms in total. The van der Waals surface area contributed by atoms with Crippen LogP contribution < -0.4 is 14.2 Å². The normalized spacial score (nSPS) is 20.9. The highest BCUT2D eigenvalue weighted by Gasteiger charge is 2.43. The molecule has 1 amide bonds. The van der Waals surface area contributed by atoms with Crippen LogP contribution in [0.1, 0.15) is 18.0 Å². The lowest BCUT2D eigenvalue weighted by Crippen LogP contribution is -2.27. The summed E-state index contributed by atoms with van der Waals surface area (Å²) in [5.74, 6) is -0.738. The second-order valence-corrected chi connectivity index (χ2v) is 5.06. The molecule has 1 aromatic rings. The molecule has 0 spiro atoms. The van der Waals surface area contributed by atoms with E-state index in [4.69, 9.17) is 14.2 Å². The van der Waals surface area contributed by atoms with Gasteiger partial charge in [-0.3, -0.25) is 9.59 Å². The van der Waals surface area contributed by atoms with Gasteiger partial charge in [0.1, 0.15) is 0 Å². The maximum atomic E-state index is 11.9. The van der Waals surface area contributed by atoms with Crippen molar-refractivity contribution in [3.05, 3.63) is 17.7 Å². The van der Waals surface area contributed by atoms with Crippen LogP contribution in [-0.2, 0) is 9.59 Å². The molecule has 1 aliphatic heterocycles. The lowest BCUT2D eigenvalue weighted by molar-refractivity contribution is -0.142. The number of benzene rings is 1. The fourth-order valence-corrected chi connectivity index (χ4v) is 2.82. The third-order valence-corrected chi connectivity index (χ3v) is 3.93. The van der Waals surface area contributed by atoms with Crippen molar-refractivity contribution in [2.75, 3.05) is 28.4 Å². The summed E-state index contributed by atoms with van der Waals surface area (Å²) in [6.07, 6.45) is -0.0207. The molecule has 7 heteroatoms. The zero-order valence-electron chi connectivity index (χ0n) is 13.0. The van der Waals surface area contributed by atoms with Gasteiger partial charge < -0.3 is 24.2 Å². The van der Waals surface area contributed by atoms with Crippen molar-refractivity contribution in [2.24, 2.45) is 5.92 Å². The molecule has 1 fully saturated rings. The molecule has 1 aliphatic rings. The Morgan fingerprint density at radius 3 is 2.14 bits per heavy atom. The van der Waals surface area contributed by atoms with Crippen molar-refractivity contribution >= 4 is 11.9 Å². The Morgan fingerprint density at radius 2 is 1.73 bits per heavy atom. The highest BCUT2D eigenvalue weighted by atomic mass is 16.5. The number of carboxylic acid groups (broad SMARTS) is 1. The summed E-state index contributed by atoms with van der Waals surface area (Å²) in [5, 5.41) is 9.37. The van der Waals surface area contributed by atoms with E-state index in [1.807, 2.05) is 0 Å². The van der Waals surface area contributed by atoms with Crippen LogP contribution >= 0.6 is 0 Å². The minimum atomic E-state index is -1.00. The lowest BCUT2D eigenvalue weighted by Gasteiger charge is -2.25. The Morgan fingerprint density at radius 1 is 1.18 bits per heavy atom. The molecule has 0 aromatic heterocycles. The summed E-state index contributed by atoms with van der Waals surface area (Å²) < 4.78 is 15.8. The van der Waals surface area contributed by atoms with Crippen molar-refractivity contribution in [1.82, 2.24) is 4.90 Å². The number of amides is 1. The molecule has 1 N–H and O–H groups in total. The second kappa shape index (κ2) is 6.13. The number of rotatable bonds is 5. The molecule has 2 atom stereocenters. The van der Waals surface area contributed by atoms with E-state index < -0.39 is 17.9 Å². The van der Waals surface area contributed by atoms with E-state index in [1.165, 1.54) is 26.2 Å². The third kappa shape index (κ3) is 2.54. The molecule has 120 valence electrons. The quantitative estimate of drug-likeness (QED) is 0.883. The fourth-order valence-electron chi connectivity index (χ4n) is 2.82. The van der Waals surface area contributed by atoms with Gasteiger partial charge >= 0.3 is 5.97 Å². The topological polar surface area (TPSA) is 85.3 Å². The molecule has 2 rings (SSSR count). The van der Waals surface area contributed by atoms with Crippen LogP contribution in [0.15, 0.2) is 12.1 Å². The Bertz CT molecular complexity index is 575. The molecular formula is C15H19NO6. The van der Waals surface area contributed by atoms with Gasteiger partial charge in [-0.05, 0) is 17.7 Å². The van der Waals surface area contributed by atoms with E-state index in [1.54, 1.807) is 19.2 Å². The van der Waals surface area contributed by atoms with E-state index >= 15 is 0 Å². The first-order valence-electron chi connectivity index (χ1n) is 6.73. The van der Waals surface area contributed by atoms with Crippen molar-refractivity contribution in [1.29, 1.82) is 0 Å². The predicted molar refractivity (Wildman–Crippen MR) is 77.4 cm³/mol. The largest absolute Gasteiger partial charge is 0.493 e. The highest BCUT2D eigenvalue weighted by molar-refractivity contribution is 5.87. The van der Waals surface area contributed by atoms with Crippen LogP contribution in [-0.4, -0.2) is 50.3 Å². The van der Waals surface area contributed by atoms with Crippen LogP contribution in [0.25, 0.3) is 0 Å². The Balaban J connectivity index is 2.55. The SMILES string of the molecule is COc1cc([C@@H]2[C@H](C(=O)O)CC(=O)N2C)cc(OC)c1OC. The van der Waals surface area contributed by atoms with Crippen LogP contribution in [0.4, 0.5) is 0 Å². The zero-order chi connectivity index (χ0) is 16.4. The second-order valence-electron chi connectivity index (χ2n) is 5.06. The molecule has 1 saturated heterocycles. The number of hydrogen-bond acceptors (Lipinski definition) is 5. The van der Waals surface area contributed by atoms with E-state index in [0.717, 1.165) is 0 Å². The molecule has 1 aromatic carbocycles. The smallest absolute Gasteiger partial charge is 0.309 e. The average Bonchev–Trinajstić information content (AvgIpc) is 2.81. The molecular weight excluding hydrogens is 290 g/mol. The molecule has 0 unspecified atom stereocenters. The van der Waals surface area contributed by atoms with Crippen molar-refractivity contribution in [3.8, 4) is 17.2 Å². The van der Waals surface area contributed by atoms with E-state index in [2.05, 4.69) is 0 Å². The van der Waals surface area contributed by atoms with Crippen LogP contribution in [0.2, 0.25) is 0 Å². The molecule has 22 heavy (non-hydrogen) atoms. The number of ether oxygens (including phenoxy) is 3. The van der Waals surface area contributed by atoms with Crippen LogP contribution in [0.5, 0.6) is 17.2 Å². The molecule has 0 bridgehead atoms. The van der Waals surface area contributed by atoms with Gasteiger partial charge in [0.25, 0.3) is 0 Å². The number of carbonyl (C=O) groups is 2. The number of nitrogens with zero attached hydrogens (tertiary/aromatic N) is 1. The van der Waals surface area contributed by atoms with E-state index in [9.17, 15) is 14.7 Å². The fraction of sp³-hybridized carbons (Fsp3) is 0.467. The van der Waals surface area contributed by atoms with E-state index in [0.29, 0.717) is 22.8 Å². The zero-order valence-corrected chi connectivity index (χ0v) is 13.0. The van der Waals surface area contributed by atoms with Crippen molar-refractivity contribution in [2.45, 2.75) is 12.5 Å². The van der Waals surface area contributed by atoms with Gasteiger partial charge in [0.2, 0.25) is 11.7 Å². The van der Waals surface area contributed by atoms with E-state index in [-0.39, 0.29) is 12.3 Å². The summed E-state index contributed by atoms with van der Waals surface area (Å²) in [6, 6.07) is 2.78. The van der Waals surface area contributed by atoms with Gasteiger partial charge in [0, 0.05) is 13.5 Å². The van der Waals surface area contributed by atoms with Gasteiger partial charge in [0.05, 0.1) is 33.3 Å². The molecule has 0 aliphatic carbocycles. The number of carbonyl (C=O) groups excluding carboxylic acids is 1. The summed E-state index contributed by atoms with van der Waals surface area (Å²) >= 11 is 0. The number of aliphatic carboxylic acids is 1. The number of carboxylic acids is 1. The monoisotopic (exact) mass is 309 g/mol. The molecule has 1 heterocycles. The first-order valence-corrected chi connectivity index (χ1v) is 6.73. The van der Waals surface area contributed by atoms with Gasteiger partial charge in [-0.15, -0.1) is 0 Å². The number of likely N-dealkylation sites (tertiary alicyclic amines) is 1. The first-order chi connectivity index (χ1) is 10.4. The third-order valence-electron chi connectivity index (χ3n) is 3.93. The van der Waals surface area contributed by atoms with Crippen LogP contribution in [0, 0.1) is 5.92 Å². The van der Waals surface area contributed by atoms with Gasteiger partial charge in [-0.25, -0.2) is 0 Å². The lowest BCUT2D eigenvalue weighted by atomic mass is 9.93. The maximum Gasteiger partial charge on any atom is 0.309 e. The predicted octanol–water partition coefficient (Wildman–Crippen LogP) is 1.32. The molecule has 0 saturated carbocycles. The van der Waals surface area contributed by atoms with Crippen molar-refractivity contribution in [3.63, 3.8) is 0 Å². The first kappa shape index (κ1) is 15.9. The Labute approximate surface area is 128 Å². The Hall–Kier alpha value is -2.44. The van der Waals surface area contributed by atoms with Crippen LogP contribution in [0.3, 0.4) is 0 Å². The van der Waals surface area contributed by atoms with Gasteiger partial charge in [-0.1, -0.05) is 0 Å². The Kier molecular flexibility index (Phi) is 4.44. The summed E-state index contributed by atoms with van der Waals surface area (Å²) in [7, 11) is 6.06. The van der Waals surface area contributed by atoms with Gasteiger partial charge in [0.15, 0.2) is 11.5 Å². The average molecular weight is 309 g/mol. The van der Waals surface area contributed by atoms with Crippen molar-refractivity contribution < 1.29 is 28.9 Å².